The largest absolute Gasteiger partial charge is 0.244 e. The Labute approximate surface area is 111 Å². The molecule has 0 aliphatic carbocycles. The summed E-state index contributed by atoms with van der Waals surface area (Å²) in [5, 5.41) is 0.545. The summed E-state index contributed by atoms with van der Waals surface area (Å²) in [5.41, 5.74) is 3.71. The molecule has 0 unspecified atom stereocenters. The number of aromatic nitrogens is 1. The summed E-state index contributed by atoms with van der Waals surface area (Å²) >= 11 is 7.67. The zero-order valence-corrected chi connectivity index (χ0v) is 11.7. The molecule has 0 amide bonds. The molecule has 0 saturated carbocycles. The van der Waals surface area contributed by atoms with Crippen molar-refractivity contribution in [2.45, 2.75) is 30.6 Å². The number of hydrogen-bond donors (Lipinski definition) is 0. The van der Waals surface area contributed by atoms with E-state index in [2.05, 4.69) is 44.0 Å². The van der Waals surface area contributed by atoms with E-state index in [-0.39, 0.29) is 0 Å². The quantitative estimate of drug-likeness (QED) is 0.721. The van der Waals surface area contributed by atoms with Crippen molar-refractivity contribution in [3.8, 4) is 0 Å². The smallest absolute Gasteiger partial charge is 0.130 e. The number of halogens is 1. The molecule has 1 aromatic heterocycles. The third-order valence-corrected chi connectivity index (χ3v) is 4.11. The summed E-state index contributed by atoms with van der Waals surface area (Å²) in [6.07, 6.45) is 1.82. The van der Waals surface area contributed by atoms with Crippen LogP contribution in [0.5, 0.6) is 0 Å². The van der Waals surface area contributed by atoms with Gasteiger partial charge >= 0.3 is 0 Å². The lowest BCUT2D eigenvalue weighted by Crippen LogP contribution is -1.86. The molecular formula is C14H14ClNS. The highest BCUT2D eigenvalue weighted by Crippen LogP contribution is 2.33. The van der Waals surface area contributed by atoms with E-state index in [1.165, 1.54) is 20.9 Å². The Hall–Kier alpha value is -0.990. The summed E-state index contributed by atoms with van der Waals surface area (Å²) in [5.74, 6) is 0. The highest BCUT2D eigenvalue weighted by molar-refractivity contribution is 7.99. The molecule has 88 valence electrons. The second-order valence-electron chi connectivity index (χ2n) is 4.14. The molecule has 1 heterocycles. The van der Waals surface area contributed by atoms with Crippen LogP contribution in [0.15, 0.2) is 40.3 Å². The van der Waals surface area contributed by atoms with Gasteiger partial charge in [-0.15, -0.1) is 0 Å². The van der Waals surface area contributed by atoms with Gasteiger partial charge < -0.3 is 0 Å². The minimum absolute atomic E-state index is 0.545. The van der Waals surface area contributed by atoms with E-state index in [9.17, 15) is 0 Å². The maximum Gasteiger partial charge on any atom is 0.130 e. The highest BCUT2D eigenvalue weighted by Gasteiger charge is 2.05. The van der Waals surface area contributed by atoms with Gasteiger partial charge in [-0.3, -0.25) is 0 Å². The molecule has 2 rings (SSSR count). The van der Waals surface area contributed by atoms with Crippen molar-refractivity contribution in [3.05, 3.63) is 52.3 Å². The highest BCUT2D eigenvalue weighted by atomic mass is 35.5. The molecule has 0 bridgehead atoms. The van der Waals surface area contributed by atoms with Crippen LogP contribution in [-0.4, -0.2) is 4.98 Å². The third-order valence-electron chi connectivity index (χ3n) is 2.58. The van der Waals surface area contributed by atoms with Gasteiger partial charge in [0, 0.05) is 16.0 Å². The molecule has 0 atom stereocenters. The van der Waals surface area contributed by atoms with Crippen molar-refractivity contribution < 1.29 is 0 Å². The van der Waals surface area contributed by atoms with E-state index in [0.29, 0.717) is 5.15 Å². The molecule has 0 saturated heterocycles. The van der Waals surface area contributed by atoms with E-state index in [0.717, 1.165) is 5.56 Å². The van der Waals surface area contributed by atoms with Crippen LogP contribution >= 0.6 is 23.4 Å². The van der Waals surface area contributed by atoms with Crippen molar-refractivity contribution in [3.63, 3.8) is 0 Å². The lowest BCUT2D eigenvalue weighted by molar-refractivity contribution is 1.17. The number of pyridine rings is 1. The SMILES string of the molecule is Cc1ccc(C)c(Sc2cc(Cl)ncc2C)c1. The number of hydrogen-bond acceptors (Lipinski definition) is 2. The zero-order valence-electron chi connectivity index (χ0n) is 10.1. The average Bonchev–Trinajstić information content (AvgIpc) is 2.28. The molecule has 0 aliphatic heterocycles. The lowest BCUT2D eigenvalue weighted by Gasteiger charge is -2.09. The molecule has 17 heavy (non-hydrogen) atoms. The van der Waals surface area contributed by atoms with E-state index < -0.39 is 0 Å². The lowest BCUT2D eigenvalue weighted by atomic mass is 10.2. The van der Waals surface area contributed by atoms with Crippen LogP contribution < -0.4 is 0 Å². The first kappa shape index (κ1) is 12.5. The van der Waals surface area contributed by atoms with Crippen LogP contribution in [0.1, 0.15) is 16.7 Å². The van der Waals surface area contributed by atoms with Crippen molar-refractivity contribution in [1.29, 1.82) is 0 Å². The zero-order chi connectivity index (χ0) is 12.4. The molecule has 0 radical (unpaired) electrons. The predicted molar refractivity (Wildman–Crippen MR) is 74.0 cm³/mol. The van der Waals surface area contributed by atoms with Gasteiger partial charge in [0.2, 0.25) is 0 Å². The van der Waals surface area contributed by atoms with Gasteiger partial charge in [0.05, 0.1) is 0 Å². The summed E-state index contributed by atoms with van der Waals surface area (Å²) in [4.78, 5) is 6.51. The summed E-state index contributed by atoms with van der Waals surface area (Å²) in [7, 11) is 0. The molecule has 1 nitrogen and oxygen atoms in total. The Balaban J connectivity index is 2.37. The molecule has 0 aliphatic rings. The maximum absolute atomic E-state index is 5.93. The summed E-state index contributed by atoms with van der Waals surface area (Å²) < 4.78 is 0. The molecule has 2 aromatic rings. The Bertz CT molecular complexity index is 502. The molecule has 0 N–H and O–H groups in total. The minimum Gasteiger partial charge on any atom is -0.244 e. The minimum atomic E-state index is 0.545. The number of nitrogens with zero attached hydrogens (tertiary/aromatic N) is 1. The first-order chi connectivity index (χ1) is 8.06. The first-order valence-corrected chi connectivity index (χ1v) is 6.63. The van der Waals surface area contributed by atoms with E-state index in [1.807, 2.05) is 12.3 Å². The van der Waals surface area contributed by atoms with E-state index in [1.54, 1.807) is 11.8 Å². The second kappa shape index (κ2) is 5.11. The van der Waals surface area contributed by atoms with Crippen LogP contribution in [0.4, 0.5) is 0 Å². The normalized spacial score (nSPS) is 10.6. The predicted octanol–water partition coefficient (Wildman–Crippen LogP) is 4.81. The number of aryl methyl sites for hydroxylation is 3. The fourth-order valence-electron chi connectivity index (χ4n) is 1.53. The van der Waals surface area contributed by atoms with Crippen molar-refractivity contribution in [2.75, 3.05) is 0 Å². The monoisotopic (exact) mass is 263 g/mol. The van der Waals surface area contributed by atoms with Crippen molar-refractivity contribution in [2.24, 2.45) is 0 Å². The van der Waals surface area contributed by atoms with E-state index in [4.69, 9.17) is 11.6 Å². The van der Waals surface area contributed by atoms with Crippen LogP contribution in [0, 0.1) is 20.8 Å². The topological polar surface area (TPSA) is 12.9 Å². The van der Waals surface area contributed by atoms with Gasteiger partial charge in [-0.05, 0) is 49.6 Å². The maximum atomic E-state index is 5.93. The van der Waals surface area contributed by atoms with E-state index >= 15 is 0 Å². The molecule has 3 heteroatoms. The standard InChI is InChI=1S/C14H14ClNS/c1-9-4-5-10(2)12(6-9)17-13-7-14(15)16-8-11(13)3/h4-8H,1-3H3. The van der Waals surface area contributed by atoms with Crippen molar-refractivity contribution >= 4 is 23.4 Å². The van der Waals surface area contributed by atoms with Crippen molar-refractivity contribution in [1.82, 2.24) is 4.98 Å². The molecule has 0 spiro atoms. The molecular weight excluding hydrogens is 250 g/mol. The van der Waals surface area contributed by atoms with Gasteiger partial charge in [0.1, 0.15) is 5.15 Å². The second-order valence-corrected chi connectivity index (χ2v) is 5.61. The average molecular weight is 264 g/mol. The number of benzene rings is 1. The fourth-order valence-corrected chi connectivity index (χ4v) is 2.84. The summed E-state index contributed by atoms with van der Waals surface area (Å²) in [6.45, 7) is 6.28. The fraction of sp³-hybridized carbons (Fsp3) is 0.214. The Morgan fingerprint density at radius 3 is 2.47 bits per heavy atom. The third kappa shape index (κ3) is 3.02. The first-order valence-electron chi connectivity index (χ1n) is 5.43. The van der Waals surface area contributed by atoms with Gasteiger partial charge in [-0.2, -0.15) is 0 Å². The van der Waals surface area contributed by atoms with Gasteiger partial charge in [-0.1, -0.05) is 35.5 Å². The van der Waals surface area contributed by atoms with Gasteiger partial charge in [-0.25, -0.2) is 4.98 Å². The Kier molecular flexibility index (Phi) is 3.75. The van der Waals surface area contributed by atoms with Crippen LogP contribution in [0.2, 0.25) is 5.15 Å². The van der Waals surface area contributed by atoms with Crippen LogP contribution in [0.3, 0.4) is 0 Å². The summed E-state index contributed by atoms with van der Waals surface area (Å²) in [6, 6.07) is 8.40. The van der Waals surface area contributed by atoms with Gasteiger partial charge in [0.25, 0.3) is 0 Å². The Morgan fingerprint density at radius 1 is 1.00 bits per heavy atom. The number of rotatable bonds is 2. The molecule has 0 fully saturated rings. The van der Waals surface area contributed by atoms with Gasteiger partial charge in [0.15, 0.2) is 0 Å². The van der Waals surface area contributed by atoms with Crippen LogP contribution in [-0.2, 0) is 0 Å². The molecule has 1 aromatic carbocycles. The Morgan fingerprint density at radius 2 is 1.71 bits per heavy atom. The van der Waals surface area contributed by atoms with Crippen LogP contribution in [0.25, 0.3) is 0 Å².